The zero-order valence-electron chi connectivity index (χ0n) is 17.8. The second kappa shape index (κ2) is 8.73. The number of aromatic nitrogens is 1. The van der Waals surface area contributed by atoms with E-state index in [9.17, 15) is 35.9 Å². The molecule has 8 nitrogen and oxygen atoms in total. The third kappa shape index (κ3) is 4.71. The van der Waals surface area contributed by atoms with E-state index >= 15 is 0 Å². The van der Waals surface area contributed by atoms with Gasteiger partial charge in [-0.2, -0.15) is 17.6 Å². The van der Waals surface area contributed by atoms with Crippen molar-refractivity contribution in [2.45, 2.75) is 17.5 Å². The molecular weight excluding hydrogens is 496 g/mol. The zero-order valence-corrected chi connectivity index (χ0v) is 18.6. The van der Waals surface area contributed by atoms with Gasteiger partial charge in [-0.3, -0.25) is 4.72 Å². The summed E-state index contributed by atoms with van der Waals surface area (Å²) in [6.07, 6.45) is -4.00. The minimum Gasteiger partial charge on any atom is -0.506 e. The van der Waals surface area contributed by atoms with Gasteiger partial charge < -0.3 is 14.6 Å². The monoisotopic (exact) mass is 512 g/mol. The van der Waals surface area contributed by atoms with Crippen LogP contribution in [0.3, 0.4) is 0 Å². The van der Waals surface area contributed by atoms with E-state index in [4.69, 9.17) is 9.47 Å². The molecule has 35 heavy (non-hydrogen) atoms. The molecule has 0 amide bonds. The highest BCUT2D eigenvalue weighted by Gasteiger charge is 2.38. The normalized spacial score (nSPS) is 15.3. The maximum Gasteiger partial charge on any atom is 0.420 e. The molecule has 0 fully saturated rings. The van der Waals surface area contributed by atoms with Gasteiger partial charge in [0.25, 0.3) is 10.0 Å². The molecule has 1 aliphatic rings. The second-order valence-electron chi connectivity index (χ2n) is 7.44. The number of methoxy groups -OCH3 is 1. The molecule has 4 rings (SSSR count). The number of esters is 1. The molecule has 2 N–H and O–H groups in total. The summed E-state index contributed by atoms with van der Waals surface area (Å²) in [7, 11) is -3.64. The van der Waals surface area contributed by atoms with E-state index in [-0.39, 0.29) is 24.5 Å². The number of hydrogen-bond acceptors (Lipinski definition) is 7. The second-order valence-corrected chi connectivity index (χ2v) is 9.09. The summed E-state index contributed by atoms with van der Waals surface area (Å²) < 4.78 is 92.9. The zero-order chi connectivity index (χ0) is 25.5. The van der Waals surface area contributed by atoms with Crippen LogP contribution in [0.15, 0.2) is 47.5 Å². The summed E-state index contributed by atoms with van der Waals surface area (Å²) >= 11 is 0. The maximum absolute atomic E-state index is 13.8. The Kier molecular flexibility index (Phi) is 6.05. The molecule has 4 bridgehead atoms. The van der Waals surface area contributed by atoms with Crippen LogP contribution in [0.2, 0.25) is 0 Å². The number of sulfonamides is 1. The van der Waals surface area contributed by atoms with Crippen molar-refractivity contribution in [2.75, 3.05) is 18.4 Å². The molecule has 1 aliphatic heterocycles. The number of rotatable bonds is 1. The topological polar surface area (TPSA) is 115 Å². The van der Waals surface area contributed by atoms with Gasteiger partial charge in [0.1, 0.15) is 16.4 Å². The summed E-state index contributed by atoms with van der Waals surface area (Å²) in [5.41, 5.74) is -1.57. The van der Waals surface area contributed by atoms with E-state index in [0.29, 0.717) is 28.8 Å². The van der Waals surface area contributed by atoms with Crippen LogP contribution in [0.1, 0.15) is 21.5 Å². The summed E-state index contributed by atoms with van der Waals surface area (Å²) in [5.74, 6) is -3.67. The number of phenols is 1. The molecule has 13 heteroatoms. The average molecular weight is 512 g/mol. The Labute approximate surface area is 196 Å². The minimum atomic E-state index is -5.18. The number of carbonyl (C=O) groups excluding carboxylic acids is 1. The van der Waals surface area contributed by atoms with Crippen LogP contribution in [0, 0.1) is 5.95 Å². The molecule has 0 unspecified atom stereocenters. The van der Waals surface area contributed by atoms with E-state index < -0.39 is 49.9 Å². The van der Waals surface area contributed by atoms with E-state index in [2.05, 4.69) is 9.71 Å². The summed E-state index contributed by atoms with van der Waals surface area (Å²) in [6.45, 7) is -0.360. The summed E-state index contributed by atoms with van der Waals surface area (Å²) in [6, 6.07) is 6.22. The van der Waals surface area contributed by atoms with Gasteiger partial charge in [0, 0.05) is 18.2 Å². The van der Waals surface area contributed by atoms with Crippen LogP contribution in [0.25, 0.3) is 11.1 Å². The van der Waals surface area contributed by atoms with Crippen molar-refractivity contribution in [3.8, 4) is 22.6 Å². The Morgan fingerprint density at radius 2 is 1.89 bits per heavy atom. The number of fused-ring (bicyclic) bond motifs is 6. The molecule has 2 heterocycles. The standard InChI is InChI=1S/C22H16F4N2O6S/c1-33-17-3-2-11-7-16(17)28-35(31,32)18-8-13(6-15(20(18)29)22(24,25)26)21(30)34-5-4-12-9-19(23)27-10-14(11)12/h2-3,6-10,28-29H,4-5H2,1H3. The number of anilines is 1. The van der Waals surface area contributed by atoms with Gasteiger partial charge in [-0.1, -0.05) is 6.07 Å². The lowest BCUT2D eigenvalue weighted by atomic mass is 9.99. The van der Waals surface area contributed by atoms with Gasteiger partial charge in [-0.15, -0.1) is 0 Å². The first-order valence-corrected chi connectivity index (χ1v) is 11.4. The van der Waals surface area contributed by atoms with Crippen molar-refractivity contribution in [3.63, 3.8) is 0 Å². The summed E-state index contributed by atoms with van der Waals surface area (Å²) in [5, 5.41) is 10.2. The Bertz CT molecular complexity index is 1440. The number of ether oxygens (including phenoxy) is 2. The van der Waals surface area contributed by atoms with Gasteiger partial charge in [-0.25, -0.2) is 18.2 Å². The van der Waals surface area contributed by atoms with E-state index in [0.717, 1.165) is 6.07 Å². The van der Waals surface area contributed by atoms with Crippen LogP contribution in [0.5, 0.6) is 11.5 Å². The highest BCUT2D eigenvalue weighted by molar-refractivity contribution is 7.92. The number of nitrogens with zero attached hydrogens (tertiary/aromatic N) is 1. The van der Waals surface area contributed by atoms with E-state index in [1.54, 1.807) is 0 Å². The highest BCUT2D eigenvalue weighted by Crippen LogP contribution is 2.41. The predicted octanol–water partition coefficient (Wildman–Crippen LogP) is 4.13. The van der Waals surface area contributed by atoms with Crippen molar-refractivity contribution in [1.29, 1.82) is 0 Å². The van der Waals surface area contributed by atoms with Crippen molar-refractivity contribution < 1.29 is 45.4 Å². The lowest BCUT2D eigenvalue weighted by Crippen LogP contribution is -2.18. The molecule has 3 aromatic rings. The number of halogens is 4. The predicted molar refractivity (Wildman–Crippen MR) is 114 cm³/mol. The number of aromatic hydroxyl groups is 1. The number of pyridine rings is 1. The molecule has 0 saturated carbocycles. The average Bonchev–Trinajstić information content (AvgIpc) is 2.77. The number of benzene rings is 2. The van der Waals surface area contributed by atoms with Crippen LogP contribution in [0.4, 0.5) is 23.2 Å². The Hall–Kier alpha value is -3.87. The Morgan fingerprint density at radius 1 is 1.14 bits per heavy atom. The van der Waals surface area contributed by atoms with E-state index in [1.807, 2.05) is 0 Å². The van der Waals surface area contributed by atoms with Gasteiger partial charge in [0.15, 0.2) is 0 Å². The van der Waals surface area contributed by atoms with Gasteiger partial charge >= 0.3 is 12.1 Å². The Balaban J connectivity index is 1.98. The van der Waals surface area contributed by atoms with Gasteiger partial charge in [0.05, 0.1) is 30.5 Å². The SMILES string of the molecule is COc1ccc2cc1NS(=O)(=O)c1cc(cc(C(F)(F)F)c1O)C(=O)OCCc1cc(F)ncc1-2. The highest BCUT2D eigenvalue weighted by atomic mass is 32.2. The number of alkyl halides is 3. The lowest BCUT2D eigenvalue weighted by molar-refractivity contribution is -0.139. The fourth-order valence-electron chi connectivity index (χ4n) is 3.57. The van der Waals surface area contributed by atoms with Crippen LogP contribution < -0.4 is 9.46 Å². The third-order valence-corrected chi connectivity index (χ3v) is 6.60. The fraction of sp³-hybridized carbons (Fsp3) is 0.182. The fourth-order valence-corrected chi connectivity index (χ4v) is 4.78. The molecule has 0 atom stereocenters. The molecule has 0 radical (unpaired) electrons. The van der Waals surface area contributed by atoms with E-state index in [1.165, 1.54) is 31.5 Å². The van der Waals surface area contributed by atoms with Crippen molar-refractivity contribution in [1.82, 2.24) is 4.98 Å². The van der Waals surface area contributed by atoms with Crippen molar-refractivity contribution in [2.24, 2.45) is 0 Å². The van der Waals surface area contributed by atoms with Crippen LogP contribution in [-0.4, -0.2) is 38.2 Å². The number of nitrogens with one attached hydrogen (secondary N) is 1. The smallest absolute Gasteiger partial charge is 0.420 e. The molecule has 0 spiro atoms. The maximum atomic E-state index is 13.8. The first kappa shape index (κ1) is 24.3. The van der Waals surface area contributed by atoms with Gasteiger partial charge in [-0.05, 0) is 41.5 Å². The molecular formula is C22H16F4N2O6S. The largest absolute Gasteiger partial charge is 0.506 e. The molecule has 0 saturated heterocycles. The first-order chi connectivity index (χ1) is 16.4. The minimum absolute atomic E-state index is 0.00661. The van der Waals surface area contributed by atoms with Gasteiger partial charge in [0.2, 0.25) is 5.95 Å². The number of hydrogen-bond donors (Lipinski definition) is 2. The molecule has 1 aromatic heterocycles. The van der Waals surface area contributed by atoms with Crippen LogP contribution in [-0.2, 0) is 27.4 Å². The number of cyclic esters (lactones) is 1. The molecule has 2 aromatic carbocycles. The third-order valence-electron chi connectivity index (χ3n) is 5.22. The first-order valence-electron chi connectivity index (χ1n) is 9.87. The van der Waals surface area contributed by atoms with Crippen molar-refractivity contribution >= 4 is 21.7 Å². The summed E-state index contributed by atoms with van der Waals surface area (Å²) in [4.78, 5) is 14.9. The van der Waals surface area contributed by atoms with Crippen molar-refractivity contribution in [3.05, 3.63) is 65.2 Å². The van der Waals surface area contributed by atoms with Crippen LogP contribution >= 0.6 is 0 Å². The molecule has 0 aliphatic carbocycles. The lowest BCUT2D eigenvalue weighted by Gasteiger charge is -2.18. The Morgan fingerprint density at radius 3 is 2.57 bits per heavy atom. The number of carbonyl (C=O) groups is 1. The number of phenolic OH excluding ortho intramolecular Hbond substituents is 1. The molecule has 184 valence electrons. The quantitative estimate of drug-likeness (QED) is 0.286.